The smallest absolute Gasteiger partial charge is 0.215 e. The lowest BCUT2D eigenvalue weighted by atomic mass is 10.2. The largest absolute Gasteiger partial charge is 0.475 e. The van der Waals surface area contributed by atoms with Gasteiger partial charge in [-0.05, 0) is 25.3 Å². The molecule has 1 aromatic rings. The van der Waals surface area contributed by atoms with E-state index < -0.39 is 0 Å². The van der Waals surface area contributed by atoms with Gasteiger partial charge < -0.3 is 19.6 Å². The topological polar surface area (TPSA) is 78.6 Å². The minimum absolute atomic E-state index is 0.0765. The Labute approximate surface area is 106 Å². The van der Waals surface area contributed by atoms with Gasteiger partial charge in [-0.3, -0.25) is 5.84 Å². The van der Waals surface area contributed by atoms with Crippen molar-refractivity contribution in [3.8, 4) is 5.88 Å². The molecule has 0 aromatic carbocycles. The second-order valence-corrected chi connectivity index (χ2v) is 4.04. The van der Waals surface area contributed by atoms with Crippen molar-refractivity contribution in [3.05, 3.63) is 18.3 Å². The molecule has 2 rings (SSSR count). The quantitative estimate of drug-likeness (QED) is 0.452. The van der Waals surface area contributed by atoms with E-state index in [1.807, 2.05) is 0 Å². The molecule has 6 nitrogen and oxygen atoms in total. The molecule has 18 heavy (non-hydrogen) atoms. The van der Waals surface area contributed by atoms with Gasteiger partial charge >= 0.3 is 0 Å². The molecule has 1 saturated heterocycles. The molecule has 1 unspecified atom stereocenters. The molecule has 1 fully saturated rings. The standard InChI is InChI=1S/C12H19N3O3/c13-15-10-4-5-14-11(9-10)16-7-8-18-12-3-1-2-6-17-12/h4-5,9,12H,1-3,6-8,13H2,(H,14,15). The van der Waals surface area contributed by atoms with E-state index in [-0.39, 0.29) is 6.29 Å². The van der Waals surface area contributed by atoms with Gasteiger partial charge in [0.15, 0.2) is 6.29 Å². The molecule has 0 spiro atoms. The Bertz CT molecular complexity index is 356. The molecule has 1 aliphatic heterocycles. The third-order valence-electron chi connectivity index (χ3n) is 2.68. The van der Waals surface area contributed by atoms with Crippen molar-refractivity contribution < 1.29 is 14.2 Å². The number of nitrogens with zero attached hydrogens (tertiary/aromatic N) is 1. The van der Waals surface area contributed by atoms with Crippen LogP contribution in [0.3, 0.4) is 0 Å². The lowest BCUT2D eigenvalue weighted by molar-refractivity contribution is -0.165. The number of pyridine rings is 1. The van der Waals surface area contributed by atoms with E-state index in [9.17, 15) is 0 Å². The Morgan fingerprint density at radius 1 is 1.44 bits per heavy atom. The third kappa shape index (κ3) is 4.14. The Morgan fingerprint density at radius 2 is 2.39 bits per heavy atom. The van der Waals surface area contributed by atoms with E-state index in [0.717, 1.165) is 31.6 Å². The zero-order valence-electron chi connectivity index (χ0n) is 10.3. The van der Waals surface area contributed by atoms with E-state index in [2.05, 4.69) is 10.4 Å². The summed E-state index contributed by atoms with van der Waals surface area (Å²) in [6, 6.07) is 3.50. The monoisotopic (exact) mass is 253 g/mol. The minimum Gasteiger partial charge on any atom is -0.475 e. The van der Waals surface area contributed by atoms with Gasteiger partial charge in [-0.25, -0.2) is 4.98 Å². The fraction of sp³-hybridized carbons (Fsp3) is 0.583. The summed E-state index contributed by atoms with van der Waals surface area (Å²) in [5.41, 5.74) is 3.30. The van der Waals surface area contributed by atoms with Crippen molar-refractivity contribution in [1.29, 1.82) is 0 Å². The first-order valence-electron chi connectivity index (χ1n) is 6.17. The Balaban J connectivity index is 1.65. The summed E-state index contributed by atoms with van der Waals surface area (Å²) in [5.74, 6) is 5.82. The predicted octanol–water partition coefficient (Wildman–Crippen LogP) is 1.29. The highest BCUT2D eigenvalue weighted by Crippen LogP contribution is 2.14. The van der Waals surface area contributed by atoms with Gasteiger partial charge in [-0.1, -0.05) is 0 Å². The molecule has 1 aliphatic rings. The maximum atomic E-state index is 5.55. The van der Waals surface area contributed by atoms with Gasteiger partial charge in [-0.15, -0.1) is 0 Å². The summed E-state index contributed by atoms with van der Waals surface area (Å²) in [4.78, 5) is 4.07. The number of hydrogen-bond acceptors (Lipinski definition) is 6. The maximum Gasteiger partial charge on any atom is 0.215 e. The molecule has 0 amide bonds. The average molecular weight is 253 g/mol. The van der Waals surface area contributed by atoms with E-state index >= 15 is 0 Å². The number of nitrogen functional groups attached to an aromatic ring is 1. The number of hydrogen-bond donors (Lipinski definition) is 2. The van der Waals surface area contributed by atoms with Gasteiger partial charge in [0.25, 0.3) is 0 Å². The van der Waals surface area contributed by atoms with Crippen molar-refractivity contribution >= 4 is 5.69 Å². The zero-order chi connectivity index (χ0) is 12.6. The van der Waals surface area contributed by atoms with Crippen LogP contribution >= 0.6 is 0 Å². The normalized spacial score (nSPS) is 19.5. The Morgan fingerprint density at radius 3 is 3.17 bits per heavy atom. The number of hydrazine groups is 1. The second-order valence-electron chi connectivity index (χ2n) is 4.04. The van der Waals surface area contributed by atoms with Crippen LogP contribution in [0.1, 0.15) is 19.3 Å². The highest BCUT2D eigenvalue weighted by atomic mass is 16.7. The van der Waals surface area contributed by atoms with Crippen LogP contribution in [0.25, 0.3) is 0 Å². The molecule has 0 aliphatic carbocycles. The fourth-order valence-corrected chi connectivity index (χ4v) is 1.75. The average Bonchev–Trinajstić information content (AvgIpc) is 2.45. The number of nitrogens with two attached hydrogens (primary N) is 1. The van der Waals surface area contributed by atoms with Crippen LogP contribution < -0.4 is 16.0 Å². The molecule has 1 aromatic heterocycles. The molecule has 1 atom stereocenters. The number of nitrogens with one attached hydrogen (secondary N) is 1. The third-order valence-corrected chi connectivity index (χ3v) is 2.68. The maximum absolute atomic E-state index is 5.55. The van der Waals surface area contributed by atoms with Crippen LogP contribution in [0, 0.1) is 0 Å². The van der Waals surface area contributed by atoms with E-state index in [4.69, 9.17) is 20.1 Å². The zero-order valence-corrected chi connectivity index (χ0v) is 10.3. The first-order valence-corrected chi connectivity index (χ1v) is 6.17. The molecule has 2 heterocycles. The van der Waals surface area contributed by atoms with E-state index in [0.29, 0.717) is 19.1 Å². The van der Waals surface area contributed by atoms with Crippen molar-refractivity contribution in [1.82, 2.24) is 4.98 Å². The summed E-state index contributed by atoms with van der Waals surface area (Å²) in [6.45, 7) is 1.73. The van der Waals surface area contributed by atoms with Gasteiger partial charge in [-0.2, -0.15) is 0 Å². The molecular weight excluding hydrogens is 234 g/mol. The van der Waals surface area contributed by atoms with Crippen molar-refractivity contribution in [2.75, 3.05) is 25.2 Å². The Kier molecular flexibility index (Phi) is 5.19. The van der Waals surface area contributed by atoms with Crippen LogP contribution in [-0.4, -0.2) is 31.1 Å². The fourth-order valence-electron chi connectivity index (χ4n) is 1.75. The molecule has 0 bridgehead atoms. The van der Waals surface area contributed by atoms with Gasteiger partial charge in [0, 0.05) is 18.9 Å². The summed E-state index contributed by atoms with van der Waals surface area (Å²) in [7, 11) is 0. The van der Waals surface area contributed by atoms with Crippen LogP contribution in [0.4, 0.5) is 5.69 Å². The van der Waals surface area contributed by atoms with E-state index in [1.54, 1.807) is 18.3 Å². The van der Waals surface area contributed by atoms with Gasteiger partial charge in [0.1, 0.15) is 6.61 Å². The number of anilines is 1. The molecule has 6 heteroatoms. The van der Waals surface area contributed by atoms with Gasteiger partial charge in [0.05, 0.1) is 12.3 Å². The lowest BCUT2D eigenvalue weighted by Crippen LogP contribution is -2.24. The summed E-state index contributed by atoms with van der Waals surface area (Å²) < 4.78 is 16.4. The summed E-state index contributed by atoms with van der Waals surface area (Å²) in [6.07, 6.45) is 4.81. The SMILES string of the molecule is NNc1ccnc(OCCOC2CCCCO2)c1. The molecular formula is C12H19N3O3. The van der Waals surface area contributed by atoms with Crippen LogP contribution in [0.2, 0.25) is 0 Å². The molecule has 3 N–H and O–H groups in total. The van der Waals surface area contributed by atoms with E-state index in [1.165, 1.54) is 0 Å². The summed E-state index contributed by atoms with van der Waals surface area (Å²) >= 11 is 0. The van der Waals surface area contributed by atoms with Crippen molar-refractivity contribution in [2.24, 2.45) is 5.84 Å². The van der Waals surface area contributed by atoms with Gasteiger partial charge in [0.2, 0.25) is 5.88 Å². The number of rotatable bonds is 6. The molecule has 0 radical (unpaired) electrons. The molecule has 0 saturated carbocycles. The van der Waals surface area contributed by atoms with Crippen LogP contribution in [0.15, 0.2) is 18.3 Å². The minimum atomic E-state index is -0.0765. The second kappa shape index (κ2) is 7.15. The van der Waals surface area contributed by atoms with Crippen LogP contribution in [0.5, 0.6) is 5.88 Å². The molecule has 100 valence electrons. The number of ether oxygens (including phenoxy) is 3. The van der Waals surface area contributed by atoms with Crippen molar-refractivity contribution in [3.63, 3.8) is 0 Å². The lowest BCUT2D eigenvalue weighted by Gasteiger charge is -2.22. The summed E-state index contributed by atoms with van der Waals surface area (Å²) in [5, 5.41) is 0. The van der Waals surface area contributed by atoms with Crippen LogP contribution in [-0.2, 0) is 9.47 Å². The van der Waals surface area contributed by atoms with Crippen molar-refractivity contribution in [2.45, 2.75) is 25.6 Å². The number of aromatic nitrogens is 1. The Hall–Kier alpha value is -1.37. The highest BCUT2D eigenvalue weighted by Gasteiger charge is 2.13. The predicted molar refractivity (Wildman–Crippen MR) is 67.1 cm³/mol. The highest BCUT2D eigenvalue weighted by molar-refractivity contribution is 5.43. The first-order chi connectivity index (χ1) is 8.88. The first kappa shape index (κ1) is 13.1.